The molecule has 1 rings (SSSR count). The van der Waals surface area contributed by atoms with Gasteiger partial charge in [0.05, 0.1) is 7.11 Å². The summed E-state index contributed by atoms with van der Waals surface area (Å²) < 4.78 is 34.6. The van der Waals surface area contributed by atoms with Crippen molar-refractivity contribution in [3.63, 3.8) is 0 Å². The molecule has 19 heavy (non-hydrogen) atoms. The molecule has 0 aliphatic carbocycles. The molecule has 0 bridgehead atoms. The van der Waals surface area contributed by atoms with Crippen LogP contribution in [0.25, 0.3) is 0 Å². The van der Waals surface area contributed by atoms with Gasteiger partial charge in [-0.25, -0.2) is 8.78 Å². The first-order valence-corrected chi connectivity index (χ1v) is 6.76. The van der Waals surface area contributed by atoms with Crippen molar-refractivity contribution in [1.29, 1.82) is 0 Å². The van der Waals surface area contributed by atoms with Crippen LogP contribution in [-0.2, 0) is 11.2 Å². The van der Waals surface area contributed by atoms with E-state index in [-0.39, 0.29) is 12.6 Å². The van der Waals surface area contributed by atoms with Gasteiger partial charge in [-0.1, -0.05) is 15.9 Å². The predicted molar refractivity (Wildman–Crippen MR) is 73.8 cm³/mol. The molecule has 0 spiro atoms. The molecule has 1 atom stereocenters. The average molecular weight is 338 g/mol. The van der Waals surface area contributed by atoms with Crippen LogP contribution in [0.2, 0.25) is 0 Å². The van der Waals surface area contributed by atoms with E-state index in [9.17, 15) is 8.78 Å². The van der Waals surface area contributed by atoms with Crippen LogP contribution >= 0.6 is 15.9 Å². The summed E-state index contributed by atoms with van der Waals surface area (Å²) in [5.41, 5.74) is 6.98. The van der Waals surface area contributed by atoms with Crippen LogP contribution in [0.4, 0.5) is 8.78 Å². The fraction of sp³-hybridized carbons (Fsp3) is 0.538. The first-order valence-electron chi connectivity index (χ1n) is 5.96. The number of halogens is 3. The van der Waals surface area contributed by atoms with Crippen LogP contribution in [0.1, 0.15) is 12.0 Å². The third kappa shape index (κ3) is 6.31. The summed E-state index contributed by atoms with van der Waals surface area (Å²) >= 11 is 3.45. The maximum absolute atomic E-state index is 11.9. The molecule has 3 nitrogen and oxygen atoms in total. The molecule has 0 aliphatic heterocycles. The predicted octanol–water partition coefficient (Wildman–Crippen LogP) is 3.00. The lowest BCUT2D eigenvalue weighted by Gasteiger charge is -2.14. The van der Waals surface area contributed by atoms with Gasteiger partial charge in [0.25, 0.3) is 6.43 Å². The second kappa shape index (κ2) is 8.45. The number of methoxy groups -OCH3 is 1. The number of rotatable bonds is 8. The van der Waals surface area contributed by atoms with Crippen LogP contribution in [0.3, 0.4) is 0 Å². The van der Waals surface area contributed by atoms with Crippen molar-refractivity contribution >= 4 is 15.9 Å². The minimum absolute atomic E-state index is 0.138. The SMILES string of the molecule is COc1ccc(Br)c(CC(N)CCOCC(F)F)c1. The van der Waals surface area contributed by atoms with Gasteiger partial charge in [-0.3, -0.25) is 0 Å². The second-order valence-electron chi connectivity index (χ2n) is 4.18. The van der Waals surface area contributed by atoms with E-state index in [0.717, 1.165) is 15.8 Å². The van der Waals surface area contributed by atoms with E-state index in [4.69, 9.17) is 15.2 Å². The minimum atomic E-state index is -2.43. The normalized spacial score (nSPS) is 12.7. The molecule has 0 saturated carbocycles. The zero-order chi connectivity index (χ0) is 14.3. The molecule has 0 heterocycles. The van der Waals surface area contributed by atoms with Gasteiger partial charge in [0, 0.05) is 17.1 Å². The quantitative estimate of drug-likeness (QED) is 0.741. The van der Waals surface area contributed by atoms with Crippen molar-refractivity contribution in [3.05, 3.63) is 28.2 Å². The highest BCUT2D eigenvalue weighted by atomic mass is 79.9. The lowest BCUT2D eigenvalue weighted by atomic mass is 10.0. The summed E-state index contributed by atoms with van der Waals surface area (Å²) in [6.07, 6.45) is -1.25. The van der Waals surface area contributed by atoms with E-state index in [1.165, 1.54) is 0 Å². The zero-order valence-corrected chi connectivity index (χ0v) is 12.3. The smallest absolute Gasteiger partial charge is 0.261 e. The van der Waals surface area contributed by atoms with Crippen molar-refractivity contribution in [2.45, 2.75) is 25.3 Å². The summed E-state index contributed by atoms with van der Waals surface area (Å²) in [6, 6.07) is 5.52. The molecule has 0 fully saturated rings. The van der Waals surface area contributed by atoms with Gasteiger partial charge in [-0.2, -0.15) is 0 Å². The zero-order valence-electron chi connectivity index (χ0n) is 10.7. The first kappa shape index (κ1) is 16.3. The molecule has 0 amide bonds. The van der Waals surface area contributed by atoms with E-state index < -0.39 is 13.0 Å². The van der Waals surface area contributed by atoms with Gasteiger partial charge in [0.15, 0.2) is 0 Å². The second-order valence-corrected chi connectivity index (χ2v) is 5.03. The van der Waals surface area contributed by atoms with Crippen molar-refractivity contribution in [2.24, 2.45) is 5.73 Å². The van der Waals surface area contributed by atoms with Gasteiger partial charge in [0.1, 0.15) is 12.4 Å². The monoisotopic (exact) mass is 337 g/mol. The molecule has 1 unspecified atom stereocenters. The summed E-state index contributed by atoms with van der Waals surface area (Å²) in [5, 5.41) is 0. The largest absolute Gasteiger partial charge is 0.497 e. The Morgan fingerprint density at radius 2 is 2.11 bits per heavy atom. The standard InChI is InChI=1S/C13H18BrF2NO2/c1-18-11-2-3-12(14)9(7-11)6-10(17)4-5-19-8-13(15)16/h2-3,7,10,13H,4-6,8,17H2,1H3. The molecule has 0 radical (unpaired) electrons. The Morgan fingerprint density at radius 1 is 1.37 bits per heavy atom. The summed E-state index contributed by atoms with van der Waals surface area (Å²) in [7, 11) is 1.60. The van der Waals surface area contributed by atoms with Gasteiger partial charge >= 0.3 is 0 Å². The number of ether oxygens (including phenoxy) is 2. The third-order valence-corrected chi connectivity index (χ3v) is 3.39. The first-order chi connectivity index (χ1) is 9.02. The van der Waals surface area contributed by atoms with Crippen LogP contribution in [-0.4, -0.2) is 32.8 Å². The molecule has 6 heteroatoms. The van der Waals surface area contributed by atoms with E-state index >= 15 is 0 Å². The van der Waals surface area contributed by atoms with Crippen LogP contribution in [0.15, 0.2) is 22.7 Å². The van der Waals surface area contributed by atoms with E-state index in [0.29, 0.717) is 12.8 Å². The molecule has 2 N–H and O–H groups in total. The fourth-order valence-corrected chi connectivity index (χ4v) is 2.03. The molecule has 1 aromatic rings. The average Bonchev–Trinajstić information content (AvgIpc) is 2.37. The highest BCUT2D eigenvalue weighted by Crippen LogP contribution is 2.23. The topological polar surface area (TPSA) is 44.5 Å². The van der Waals surface area contributed by atoms with Gasteiger partial charge < -0.3 is 15.2 Å². The van der Waals surface area contributed by atoms with Crippen molar-refractivity contribution in [1.82, 2.24) is 0 Å². The molecule has 0 aliphatic rings. The molecular weight excluding hydrogens is 320 g/mol. The van der Waals surface area contributed by atoms with Gasteiger partial charge in [0.2, 0.25) is 0 Å². The van der Waals surface area contributed by atoms with Crippen LogP contribution < -0.4 is 10.5 Å². The lowest BCUT2D eigenvalue weighted by molar-refractivity contribution is 0.0153. The Labute approximate surface area is 120 Å². The van der Waals surface area contributed by atoms with Gasteiger partial charge in [-0.05, 0) is 36.6 Å². The summed E-state index contributed by atoms with van der Waals surface area (Å²) in [6.45, 7) is -0.289. The molecular formula is C13H18BrF2NO2. The molecule has 0 aromatic heterocycles. The number of nitrogens with two attached hydrogens (primary N) is 1. The van der Waals surface area contributed by atoms with Crippen molar-refractivity contribution in [3.8, 4) is 5.75 Å². The van der Waals surface area contributed by atoms with E-state index in [1.807, 2.05) is 18.2 Å². The Hall–Kier alpha value is -0.720. The third-order valence-electron chi connectivity index (χ3n) is 2.61. The number of alkyl halides is 2. The molecule has 0 saturated heterocycles. The maximum atomic E-state index is 11.9. The number of hydrogen-bond acceptors (Lipinski definition) is 3. The van der Waals surface area contributed by atoms with E-state index in [1.54, 1.807) is 7.11 Å². The van der Waals surface area contributed by atoms with Crippen molar-refractivity contribution < 1.29 is 18.3 Å². The maximum Gasteiger partial charge on any atom is 0.261 e. The Kier molecular flexibility index (Phi) is 7.27. The minimum Gasteiger partial charge on any atom is -0.497 e. The highest BCUT2D eigenvalue weighted by Gasteiger charge is 2.09. The number of benzene rings is 1. The van der Waals surface area contributed by atoms with Crippen molar-refractivity contribution in [2.75, 3.05) is 20.3 Å². The summed E-state index contributed by atoms with van der Waals surface area (Å²) in [5.74, 6) is 0.763. The Bertz CT molecular complexity index is 391. The van der Waals surface area contributed by atoms with Gasteiger partial charge in [-0.15, -0.1) is 0 Å². The molecule has 108 valence electrons. The Balaban J connectivity index is 2.41. The highest BCUT2D eigenvalue weighted by molar-refractivity contribution is 9.10. The number of hydrogen-bond donors (Lipinski definition) is 1. The summed E-state index contributed by atoms with van der Waals surface area (Å²) in [4.78, 5) is 0. The fourth-order valence-electron chi connectivity index (χ4n) is 1.63. The Morgan fingerprint density at radius 3 is 2.74 bits per heavy atom. The molecule has 1 aromatic carbocycles. The van der Waals surface area contributed by atoms with E-state index in [2.05, 4.69) is 15.9 Å². The van der Waals surface area contributed by atoms with Crippen LogP contribution in [0, 0.1) is 0 Å². The van der Waals surface area contributed by atoms with Crippen LogP contribution in [0.5, 0.6) is 5.75 Å². The lowest BCUT2D eigenvalue weighted by Crippen LogP contribution is -2.25.